The van der Waals surface area contributed by atoms with Gasteiger partial charge in [-0.2, -0.15) is 0 Å². The Kier molecular flexibility index (Phi) is 7.43. The molecule has 0 amide bonds. The number of nitrogens with zero attached hydrogens (tertiary/aromatic N) is 3. The van der Waals surface area contributed by atoms with Gasteiger partial charge >= 0.3 is 7.60 Å². The molecular weight excluding hydrogens is 518 g/mol. The van der Waals surface area contributed by atoms with E-state index in [1.165, 1.54) is 17.8 Å². The molecule has 13 heteroatoms. The van der Waals surface area contributed by atoms with Gasteiger partial charge in [0.1, 0.15) is 41.5 Å². The molecule has 3 N–H and O–H groups in total. The van der Waals surface area contributed by atoms with Gasteiger partial charge in [-0.25, -0.2) is 14.5 Å². The Morgan fingerprint density at radius 3 is 2.71 bits per heavy atom. The normalized spacial score (nSPS) is 24.2. The summed E-state index contributed by atoms with van der Waals surface area (Å²) in [6, 6.07) is 10.1. The Hall–Kier alpha value is -2.20. The molecule has 3 aromatic rings. The Morgan fingerprint density at radius 1 is 1.31 bits per heavy atom. The minimum Gasteiger partial charge on any atom is -0.424 e. The number of aliphatic hydroxyl groups excluding tert-OH is 1. The first-order valence-electron chi connectivity index (χ1n) is 10.8. The second-order valence-electron chi connectivity index (χ2n) is 8.37. The Bertz CT molecular complexity index is 1260. The Labute approximate surface area is 211 Å². The molecule has 0 radical (unpaired) electrons. The van der Waals surface area contributed by atoms with Crippen LogP contribution in [0.3, 0.4) is 0 Å². The maximum Gasteiger partial charge on any atom is 0.379 e. The van der Waals surface area contributed by atoms with Crippen LogP contribution in [0.5, 0.6) is 5.75 Å². The van der Waals surface area contributed by atoms with Crippen molar-refractivity contribution in [1.82, 2.24) is 14.5 Å². The minimum absolute atomic E-state index is 0.158. The fourth-order valence-corrected chi connectivity index (χ4v) is 6.27. The summed E-state index contributed by atoms with van der Waals surface area (Å²) in [4.78, 5) is 20.0. The summed E-state index contributed by atoms with van der Waals surface area (Å²) in [5, 5.41) is 11.4. The van der Waals surface area contributed by atoms with Crippen LogP contribution in [0.2, 0.25) is 0 Å². The molecule has 1 aliphatic heterocycles. The third-order valence-electron chi connectivity index (χ3n) is 5.79. The van der Waals surface area contributed by atoms with Crippen molar-refractivity contribution in [1.29, 1.82) is 0 Å². The van der Waals surface area contributed by atoms with Gasteiger partial charge in [0.05, 0.1) is 18.2 Å². The number of aliphatic hydroxyl groups is 1. The van der Waals surface area contributed by atoms with Crippen LogP contribution in [-0.4, -0.2) is 54.7 Å². The number of ketones is 1. The monoisotopic (exact) mass is 542 g/mol. The van der Waals surface area contributed by atoms with E-state index in [9.17, 15) is 14.5 Å². The topological polar surface area (TPSA) is 139 Å². The van der Waals surface area contributed by atoms with Crippen LogP contribution >= 0.6 is 30.8 Å². The number of benzene rings is 1. The molecule has 1 aliphatic rings. The number of alkyl halides is 2. The molecule has 3 heterocycles. The zero-order chi connectivity index (χ0) is 25.4. The van der Waals surface area contributed by atoms with Gasteiger partial charge in [-0.05, 0) is 25.1 Å². The molecule has 0 aliphatic carbocycles. The first kappa shape index (κ1) is 25.9. The lowest BCUT2D eigenvalue weighted by atomic mass is 10.1. The third-order valence-corrected chi connectivity index (χ3v) is 8.63. The van der Waals surface area contributed by atoms with E-state index >= 15 is 0 Å². The van der Waals surface area contributed by atoms with Crippen molar-refractivity contribution in [2.75, 3.05) is 18.5 Å². The zero-order valence-corrected chi connectivity index (χ0v) is 21.4. The van der Waals surface area contributed by atoms with Gasteiger partial charge in [-0.15, -0.1) is 0 Å². The van der Waals surface area contributed by atoms with E-state index in [2.05, 4.69) is 9.97 Å². The number of nitrogen functional groups attached to an aromatic ring is 1. The number of halogens is 2. The molecule has 1 fully saturated rings. The lowest BCUT2D eigenvalue weighted by molar-refractivity contribution is -0.119. The molecule has 1 saturated heterocycles. The van der Waals surface area contributed by atoms with Crippen molar-refractivity contribution < 1.29 is 28.3 Å². The number of carbonyl (C=O) groups is 1. The summed E-state index contributed by atoms with van der Waals surface area (Å²) in [6.07, 6.45) is -0.790. The van der Waals surface area contributed by atoms with E-state index in [0.717, 1.165) is 0 Å². The highest BCUT2D eigenvalue weighted by Gasteiger charge is 2.56. The summed E-state index contributed by atoms with van der Waals surface area (Å²) in [5.41, 5.74) is 6.31. The van der Waals surface area contributed by atoms with Crippen LogP contribution in [0.4, 0.5) is 5.82 Å². The van der Waals surface area contributed by atoms with Crippen molar-refractivity contribution in [3.63, 3.8) is 0 Å². The molecule has 0 saturated carbocycles. The summed E-state index contributed by atoms with van der Waals surface area (Å²) >= 11 is 13.0. The predicted molar refractivity (Wildman–Crippen MR) is 132 cm³/mol. The second-order valence-corrected chi connectivity index (χ2v) is 11.8. The first-order valence-corrected chi connectivity index (χ1v) is 13.3. The number of aromatic nitrogens is 3. The molecule has 2 aromatic heterocycles. The van der Waals surface area contributed by atoms with Crippen LogP contribution < -0.4 is 10.3 Å². The number of hydrogen-bond acceptors (Lipinski definition) is 9. The van der Waals surface area contributed by atoms with E-state index < -0.39 is 36.3 Å². The quantitative estimate of drug-likeness (QED) is 0.303. The van der Waals surface area contributed by atoms with E-state index in [1.54, 1.807) is 49.5 Å². The van der Waals surface area contributed by atoms with Crippen LogP contribution in [0.25, 0.3) is 11.0 Å². The molecule has 4 rings (SSSR count). The lowest BCUT2D eigenvalue weighted by Gasteiger charge is -2.24. The number of Topliss-reactive ketones (excluding diaryl/α,β-unsaturated/α-hetero) is 1. The van der Waals surface area contributed by atoms with Crippen molar-refractivity contribution in [3.8, 4) is 5.75 Å². The number of para-hydroxylation sites is 1. The molecule has 0 spiro atoms. The molecule has 5 atom stereocenters. The summed E-state index contributed by atoms with van der Waals surface area (Å²) in [7, 11) is -3.84. The molecular formula is C22H25Cl2N4O6P. The third kappa shape index (κ3) is 5.33. The molecule has 1 aromatic carbocycles. The number of rotatable bonds is 9. The zero-order valence-electron chi connectivity index (χ0n) is 19.0. The summed E-state index contributed by atoms with van der Waals surface area (Å²) in [6.45, 7) is 2.68. The minimum atomic E-state index is -3.84. The van der Waals surface area contributed by atoms with Crippen molar-refractivity contribution in [2.45, 2.75) is 36.6 Å². The molecule has 0 bridgehead atoms. The average molecular weight is 543 g/mol. The van der Waals surface area contributed by atoms with Gasteiger partial charge in [0.15, 0.2) is 10.6 Å². The van der Waals surface area contributed by atoms with Crippen LogP contribution in [-0.2, 0) is 18.6 Å². The molecule has 1 unspecified atom stereocenters. The fraction of sp³-hybridized carbons (Fsp3) is 0.409. The maximum atomic E-state index is 13.6. The van der Waals surface area contributed by atoms with Gasteiger partial charge in [0, 0.05) is 12.1 Å². The maximum absolute atomic E-state index is 13.6. The number of fused-ring (bicyclic) bond motifs is 1. The van der Waals surface area contributed by atoms with Crippen molar-refractivity contribution >= 4 is 53.4 Å². The average Bonchev–Trinajstić information content (AvgIpc) is 3.32. The van der Waals surface area contributed by atoms with Gasteiger partial charge in [0.2, 0.25) is 0 Å². The van der Waals surface area contributed by atoms with Crippen molar-refractivity contribution in [2.24, 2.45) is 5.92 Å². The van der Waals surface area contributed by atoms with Crippen molar-refractivity contribution in [3.05, 3.63) is 48.9 Å². The number of nitrogens with two attached hydrogens (primary N) is 1. The number of carbonyl (C=O) groups excluding carboxylic acids is 1. The lowest BCUT2D eigenvalue weighted by Crippen LogP contribution is -2.38. The number of anilines is 1. The highest BCUT2D eigenvalue weighted by atomic mass is 35.5. The standard InChI is InChI=1S/C22H25Cl2N4O6P/c1-13(14(2)29)11-35(31,34-15-6-4-3-5-7-15)32-10-17-18(30)22(23,24)21(33-17)28-9-8-16-19(25)26-12-27-20(16)28/h3-9,12-13,17-18,21,30H,10-11H2,1-2H3,(H2,25,26,27)/t13-,17-,18+,21-,35?/m1/s1. The number of ether oxygens (including phenoxy) is 1. The highest BCUT2D eigenvalue weighted by molar-refractivity contribution is 7.54. The first-order chi connectivity index (χ1) is 16.5. The van der Waals surface area contributed by atoms with E-state index in [1.807, 2.05) is 0 Å². The van der Waals surface area contributed by atoms with Crippen LogP contribution in [0.1, 0.15) is 20.1 Å². The molecule has 188 valence electrons. The highest BCUT2D eigenvalue weighted by Crippen LogP contribution is 2.52. The Balaban J connectivity index is 1.55. The largest absolute Gasteiger partial charge is 0.424 e. The van der Waals surface area contributed by atoms with Gasteiger partial charge in [-0.3, -0.25) is 9.32 Å². The van der Waals surface area contributed by atoms with Gasteiger partial charge < -0.3 is 24.7 Å². The van der Waals surface area contributed by atoms with E-state index in [0.29, 0.717) is 16.8 Å². The number of hydrogen-bond donors (Lipinski definition) is 2. The molecule has 35 heavy (non-hydrogen) atoms. The van der Waals surface area contributed by atoms with Crippen LogP contribution in [0, 0.1) is 5.92 Å². The SMILES string of the molecule is CC(=O)[C@H](C)CP(=O)(OC[C@H]1O[C@@H](n2ccc3c(N)ncnc32)C(Cl)(Cl)[C@H]1O)Oc1ccccc1. The summed E-state index contributed by atoms with van der Waals surface area (Å²) < 4.78 is 30.7. The van der Waals surface area contributed by atoms with E-state index in [-0.39, 0.29) is 24.4 Å². The Morgan fingerprint density at radius 2 is 2.03 bits per heavy atom. The van der Waals surface area contributed by atoms with Gasteiger partial charge in [-0.1, -0.05) is 48.3 Å². The molecule has 10 nitrogen and oxygen atoms in total. The summed E-state index contributed by atoms with van der Waals surface area (Å²) in [5.74, 6) is -0.162. The fourth-order valence-electron chi connectivity index (χ4n) is 3.70. The van der Waals surface area contributed by atoms with E-state index in [4.69, 9.17) is 42.7 Å². The van der Waals surface area contributed by atoms with Gasteiger partial charge in [0.25, 0.3) is 0 Å². The second kappa shape index (κ2) is 10.0. The predicted octanol–water partition coefficient (Wildman–Crippen LogP) is 3.96. The van der Waals surface area contributed by atoms with Crippen LogP contribution in [0.15, 0.2) is 48.9 Å². The smallest absolute Gasteiger partial charge is 0.379 e.